The van der Waals surface area contributed by atoms with Gasteiger partial charge in [-0.05, 0) is 45.3 Å². The van der Waals surface area contributed by atoms with Gasteiger partial charge in [0, 0.05) is 5.56 Å². The third-order valence-electron chi connectivity index (χ3n) is 4.13. The zero-order valence-corrected chi connectivity index (χ0v) is 13.7. The largest absolute Gasteiger partial charge is 0.494 e. The first-order valence-electron chi connectivity index (χ1n) is 7.26. The Kier molecular flexibility index (Phi) is 4.65. The number of hydrogen-bond acceptors (Lipinski definition) is 4. The van der Waals surface area contributed by atoms with Gasteiger partial charge in [-0.1, -0.05) is 24.0 Å². The molecule has 0 atom stereocenters. The Balaban J connectivity index is 2.06. The third-order valence-corrected chi connectivity index (χ3v) is 4.13. The third kappa shape index (κ3) is 3.52. The average Bonchev–Trinajstić information content (AvgIpc) is 2.68. The summed E-state index contributed by atoms with van der Waals surface area (Å²) in [6.07, 6.45) is 0.0927. The summed E-state index contributed by atoms with van der Waals surface area (Å²) in [5.41, 5.74) is 1.09. The van der Waals surface area contributed by atoms with Crippen molar-refractivity contribution in [2.75, 3.05) is 7.11 Å². The first kappa shape index (κ1) is 16.6. The second-order valence-electron chi connectivity index (χ2n) is 6.26. The molecule has 5 heteroatoms. The second kappa shape index (κ2) is 6.16. The summed E-state index contributed by atoms with van der Waals surface area (Å²) >= 11 is 0. The molecule has 1 saturated heterocycles. The molecular formula is C17H21BO4. The molecule has 1 heterocycles. The molecule has 0 saturated carbocycles. The number of ether oxygens (including phenoxy) is 1. The van der Waals surface area contributed by atoms with Gasteiger partial charge in [-0.25, -0.2) is 0 Å². The highest BCUT2D eigenvalue weighted by molar-refractivity contribution is 6.62. The SMILES string of the molecule is COC(=O)CC#Cc1ccc(B2OC(C)(C)C(C)(C)O2)cc1. The van der Waals surface area contributed by atoms with Crippen LogP contribution in [0.3, 0.4) is 0 Å². The lowest BCUT2D eigenvalue weighted by molar-refractivity contribution is -0.139. The van der Waals surface area contributed by atoms with E-state index in [2.05, 4.69) is 16.6 Å². The second-order valence-corrected chi connectivity index (χ2v) is 6.26. The van der Waals surface area contributed by atoms with E-state index in [4.69, 9.17) is 9.31 Å². The van der Waals surface area contributed by atoms with Crippen molar-refractivity contribution in [3.63, 3.8) is 0 Å². The normalized spacial score (nSPS) is 18.5. The molecule has 0 aromatic heterocycles. The fraction of sp³-hybridized carbons (Fsp3) is 0.471. The molecule has 2 rings (SSSR count). The van der Waals surface area contributed by atoms with Crippen molar-refractivity contribution in [2.24, 2.45) is 0 Å². The molecule has 0 unspecified atom stereocenters. The van der Waals surface area contributed by atoms with Crippen molar-refractivity contribution >= 4 is 18.6 Å². The fourth-order valence-electron chi connectivity index (χ4n) is 1.99. The molecule has 0 amide bonds. The van der Waals surface area contributed by atoms with Gasteiger partial charge >= 0.3 is 13.1 Å². The van der Waals surface area contributed by atoms with Crippen molar-refractivity contribution in [1.29, 1.82) is 0 Å². The van der Waals surface area contributed by atoms with Gasteiger partial charge in [0.1, 0.15) is 6.42 Å². The lowest BCUT2D eigenvalue weighted by atomic mass is 9.79. The van der Waals surface area contributed by atoms with E-state index in [9.17, 15) is 4.79 Å². The number of benzene rings is 1. The van der Waals surface area contributed by atoms with Crippen molar-refractivity contribution in [3.8, 4) is 11.8 Å². The molecule has 116 valence electrons. The summed E-state index contributed by atoms with van der Waals surface area (Å²) in [6.45, 7) is 8.11. The molecule has 1 fully saturated rings. The highest BCUT2D eigenvalue weighted by Gasteiger charge is 2.51. The zero-order valence-electron chi connectivity index (χ0n) is 13.7. The maximum atomic E-state index is 11.0. The van der Waals surface area contributed by atoms with Crippen molar-refractivity contribution in [1.82, 2.24) is 0 Å². The summed E-state index contributed by atoms with van der Waals surface area (Å²) in [5, 5.41) is 0. The number of methoxy groups -OCH3 is 1. The van der Waals surface area contributed by atoms with E-state index >= 15 is 0 Å². The minimum Gasteiger partial charge on any atom is -0.468 e. The predicted octanol–water partition coefficient (Wildman–Crippen LogP) is 1.90. The van der Waals surface area contributed by atoms with Gasteiger partial charge in [0.15, 0.2) is 0 Å². The summed E-state index contributed by atoms with van der Waals surface area (Å²) in [7, 11) is 0.978. The van der Waals surface area contributed by atoms with Crippen LogP contribution < -0.4 is 5.46 Å². The van der Waals surface area contributed by atoms with E-state index in [1.165, 1.54) is 7.11 Å². The van der Waals surface area contributed by atoms with Crippen molar-refractivity contribution in [2.45, 2.75) is 45.3 Å². The molecular weight excluding hydrogens is 279 g/mol. The molecule has 1 aromatic carbocycles. The Morgan fingerprint density at radius 3 is 2.18 bits per heavy atom. The minimum atomic E-state index is -0.373. The first-order chi connectivity index (χ1) is 10.2. The van der Waals surface area contributed by atoms with E-state index in [0.29, 0.717) is 0 Å². The quantitative estimate of drug-likeness (QED) is 0.475. The zero-order chi connectivity index (χ0) is 16.4. The monoisotopic (exact) mass is 300 g/mol. The van der Waals surface area contributed by atoms with Crippen LogP contribution in [0.15, 0.2) is 24.3 Å². The average molecular weight is 300 g/mol. The lowest BCUT2D eigenvalue weighted by Gasteiger charge is -2.32. The van der Waals surface area contributed by atoms with Crippen molar-refractivity contribution in [3.05, 3.63) is 29.8 Å². The molecule has 0 bridgehead atoms. The molecule has 1 aliphatic heterocycles. The Morgan fingerprint density at radius 1 is 1.14 bits per heavy atom. The number of rotatable bonds is 2. The highest BCUT2D eigenvalue weighted by atomic mass is 16.7. The standard InChI is InChI=1S/C17H21BO4/c1-16(2)17(3,4)22-18(21-16)14-11-9-13(10-12-14)7-6-8-15(19)20-5/h9-12H,8H2,1-5H3. The maximum Gasteiger partial charge on any atom is 0.494 e. The molecule has 4 nitrogen and oxygen atoms in total. The van der Waals surface area contributed by atoms with E-state index in [-0.39, 0.29) is 30.7 Å². The van der Waals surface area contributed by atoms with Gasteiger partial charge in [-0.15, -0.1) is 0 Å². The van der Waals surface area contributed by atoms with Crippen LogP contribution in [0.2, 0.25) is 0 Å². The summed E-state index contributed by atoms with van der Waals surface area (Å²) in [5.74, 6) is 5.38. The molecule has 1 aliphatic rings. The van der Waals surface area contributed by atoms with Gasteiger partial charge < -0.3 is 14.0 Å². The number of hydrogen-bond donors (Lipinski definition) is 0. The predicted molar refractivity (Wildman–Crippen MR) is 85.7 cm³/mol. The van der Waals surface area contributed by atoms with E-state index in [1.807, 2.05) is 52.0 Å². The number of carbonyl (C=O) groups is 1. The topological polar surface area (TPSA) is 44.8 Å². The molecule has 0 N–H and O–H groups in total. The van der Waals surface area contributed by atoms with Crippen LogP contribution in [0.4, 0.5) is 0 Å². The minimum absolute atomic E-state index is 0.0927. The summed E-state index contributed by atoms with van der Waals surface area (Å²) in [6, 6.07) is 7.66. The Hall–Kier alpha value is -1.77. The van der Waals surface area contributed by atoms with Crippen LogP contribution in [-0.4, -0.2) is 31.4 Å². The Bertz CT molecular complexity index is 592. The van der Waals surface area contributed by atoms with Crippen LogP contribution in [-0.2, 0) is 18.8 Å². The maximum absolute atomic E-state index is 11.0. The van der Waals surface area contributed by atoms with Crippen LogP contribution in [0, 0.1) is 11.8 Å². The van der Waals surface area contributed by atoms with Gasteiger partial charge in [0.2, 0.25) is 0 Å². The van der Waals surface area contributed by atoms with E-state index < -0.39 is 0 Å². The van der Waals surface area contributed by atoms with E-state index in [0.717, 1.165) is 11.0 Å². The smallest absolute Gasteiger partial charge is 0.468 e. The first-order valence-corrected chi connectivity index (χ1v) is 7.26. The fourth-order valence-corrected chi connectivity index (χ4v) is 1.99. The summed E-state index contributed by atoms with van der Waals surface area (Å²) in [4.78, 5) is 11.0. The van der Waals surface area contributed by atoms with Crippen LogP contribution in [0.25, 0.3) is 0 Å². The highest BCUT2D eigenvalue weighted by Crippen LogP contribution is 2.36. The van der Waals surface area contributed by atoms with Crippen molar-refractivity contribution < 1.29 is 18.8 Å². The summed E-state index contributed by atoms with van der Waals surface area (Å²) < 4.78 is 16.5. The van der Waals surface area contributed by atoms with Crippen LogP contribution in [0.1, 0.15) is 39.7 Å². The Labute approximate surface area is 132 Å². The van der Waals surface area contributed by atoms with Crippen LogP contribution >= 0.6 is 0 Å². The number of carbonyl (C=O) groups excluding carboxylic acids is 1. The van der Waals surface area contributed by atoms with Gasteiger partial charge in [-0.3, -0.25) is 4.79 Å². The molecule has 0 aliphatic carbocycles. The number of esters is 1. The molecule has 22 heavy (non-hydrogen) atoms. The van der Waals surface area contributed by atoms with Gasteiger partial charge in [0.05, 0.1) is 18.3 Å². The molecule has 0 spiro atoms. The Morgan fingerprint density at radius 2 is 1.68 bits per heavy atom. The lowest BCUT2D eigenvalue weighted by Crippen LogP contribution is -2.41. The van der Waals surface area contributed by atoms with E-state index in [1.54, 1.807) is 0 Å². The molecule has 0 radical (unpaired) electrons. The van der Waals surface area contributed by atoms with Gasteiger partial charge in [0.25, 0.3) is 0 Å². The van der Waals surface area contributed by atoms with Crippen LogP contribution in [0.5, 0.6) is 0 Å². The molecule has 1 aromatic rings. The van der Waals surface area contributed by atoms with Gasteiger partial charge in [-0.2, -0.15) is 0 Å².